The summed E-state index contributed by atoms with van der Waals surface area (Å²) in [6.07, 6.45) is 0. The molecule has 0 bridgehead atoms. The molecular formula is C11H17ClN2O2S. The molecule has 0 saturated carbocycles. The quantitative estimate of drug-likeness (QED) is 0.910. The molecule has 96 valence electrons. The Morgan fingerprint density at radius 3 is 2.53 bits per heavy atom. The Labute approximate surface area is 111 Å². The zero-order valence-corrected chi connectivity index (χ0v) is 11.3. The maximum Gasteiger partial charge on any atom is 0.326 e. The number of piperazine rings is 1. The largest absolute Gasteiger partial charge is 0.480 e. The van der Waals surface area contributed by atoms with E-state index >= 15 is 0 Å². The summed E-state index contributed by atoms with van der Waals surface area (Å²) in [6.45, 7) is 3.53. The summed E-state index contributed by atoms with van der Waals surface area (Å²) in [5.41, 5.74) is 0. The summed E-state index contributed by atoms with van der Waals surface area (Å²) in [7, 11) is 2.07. The van der Waals surface area contributed by atoms with Gasteiger partial charge in [-0.2, -0.15) is 0 Å². The molecule has 2 heterocycles. The first kappa shape index (κ1) is 14.4. The van der Waals surface area contributed by atoms with Crippen molar-refractivity contribution in [1.82, 2.24) is 9.80 Å². The van der Waals surface area contributed by atoms with Crippen LogP contribution in [0.4, 0.5) is 0 Å². The lowest BCUT2D eigenvalue weighted by molar-refractivity contribution is -0.144. The van der Waals surface area contributed by atoms with E-state index in [0.717, 1.165) is 31.1 Å². The number of rotatable bonds is 3. The molecule has 1 aliphatic heterocycles. The normalized spacial score (nSPS) is 19.6. The molecule has 1 saturated heterocycles. The molecule has 1 atom stereocenters. The van der Waals surface area contributed by atoms with Gasteiger partial charge in [0.15, 0.2) is 0 Å². The Morgan fingerprint density at radius 2 is 2.06 bits per heavy atom. The van der Waals surface area contributed by atoms with Crippen LogP contribution in [0, 0.1) is 0 Å². The third-order valence-corrected chi connectivity index (χ3v) is 3.87. The van der Waals surface area contributed by atoms with Gasteiger partial charge in [-0.05, 0) is 18.5 Å². The lowest BCUT2D eigenvalue weighted by Crippen LogP contribution is -2.47. The predicted molar refractivity (Wildman–Crippen MR) is 71.0 cm³/mol. The van der Waals surface area contributed by atoms with Gasteiger partial charge in [0.25, 0.3) is 0 Å². The zero-order valence-electron chi connectivity index (χ0n) is 9.70. The molecule has 1 aromatic rings. The third kappa shape index (κ3) is 3.42. The summed E-state index contributed by atoms with van der Waals surface area (Å²) in [4.78, 5) is 16.5. The number of carboxylic acids is 1. The second-order valence-corrected chi connectivity index (χ2v) is 5.07. The number of carboxylic acid groups (broad SMARTS) is 1. The van der Waals surface area contributed by atoms with E-state index in [1.54, 1.807) is 0 Å². The van der Waals surface area contributed by atoms with Crippen LogP contribution in [-0.2, 0) is 4.79 Å². The van der Waals surface area contributed by atoms with Crippen LogP contribution in [0.1, 0.15) is 10.9 Å². The number of hydrogen-bond donors (Lipinski definition) is 1. The Kier molecular flexibility index (Phi) is 5.39. The van der Waals surface area contributed by atoms with Crippen molar-refractivity contribution in [2.24, 2.45) is 0 Å². The second kappa shape index (κ2) is 6.35. The van der Waals surface area contributed by atoms with Crippen LogP contribution in [-0.4, -0.2) is 54.1 Å². The highest BCUT2D eigenvalue weighted by Gasteiger charge is 2.29. The topological polar surface area (TPSA) is 43.8 Å². The van der Waals surface area contributed by atoms with Gasteiger partial charge in [-0.3, -0.25) is 9.69 Å². The van der Waals surface area contributed by atoms with Crippen molar-refractivity contribution in [3.05, 3.63) is 22.4 Å². The SMILES string of the molecule is CN1CCN(C(C(=O)O)c2cccs2)CC1.Cl. The first-order chi connectivity index (χ1) is 7.68. The molecule has 17 heavy (non-hydrogen) atoms. The number of aliphatic carboxylic acids is 1. The molecule has 0 aliphatic carbocycles. The highest BCUT2D eigenvalue weighted by Crippen LogP contribution is 2.26. The summed E-state index contributed by atoms with van der Waals surface area (Å²) in [5, 5.41) is 11.2. The molecule has 0 spiro atoms. The standard InChI is InChI=1S/C11H16N2O2S.ClH/c1-12-4-6-13(7-5-12)10(11(14)15)9-3-2-8-16-9;/h2-3,8,10H,4-7H2,1H3,(H,14,15);1H. The molecular weight excluding hydrogens is 260 g/mol. The maximum atomic E-state index is 11.3. The lowest BCUT2D eigenvalue weighted by atomic mass is 10.2. The minimum atomic E-state index is -0.744. The van der Waals surface area contributed by atoms with E-state index in [1.165, 1.54) is 11.3 Å². The van der Waals surface area contributed by atoms with Gasteiger partial charge in [-0.25, -0.2) is 0 Å². The highest BCUT2D eigenvalue weighted by molar-refractivity contribution is 7.10. The Hall–Kier alpha value is -0.620. The summed E-state index contributed by atoms with van der Waals surface area (Å²) in [6, 6.07) is 3.35. The van der Waals surface area contributed by atoms with Crippen LogP contribution < -0.4 is 0 Å². The van der Waals surface area contributed by atoms with E-state index in [0.29, 0.717) is 0 Å². The van der Waals surface area contributed by atoms with Crippen LogP contribution in [0.2, 0.25) is 0 Å². The fourth-order valence-electron chi connectivity index (χ4n) is 1.98. The summed E-state index contributed by atoms with van der Waals surface area (Å²) < 4.78 is 0. The van der Waals surface area contributed by atoms with Crippen molar-refractivity contribution in [3.63, 3.8) is 0 Å². The first-order valence-corrected chi connectivity index (χ1v) is 6.25. The molecule has 1 unspecified atom stereocenters. The fourth-order valence-corrected chi connectivity index (χ4v) is 2.83. The molecule has 1 aromatic heterocycles. The molecule has 1 aliphatic rings. The van der Waals surface area contributed by atoms with Crippen molar-refractivity contribution in [2.75, 3.05) is 33.2 Å². The van der Waals surface area contributed by atoms with Crippen molar-refractivity contribution < 1.29 is 9.90 Å². The molecule has 0 radical (unpaired) electrons. The fraction of sp³-hybridized carbons (Fsp3) is 0.545. The van der Waals surface area contributed by atoms with Gasteiger partial charge < -0.3 is 10.0 Å². The van der Waals surface area contributed by atoms with Crippen LogP contribution >= 0.6 is 23.7 Å². The van der Waals surface area contributed by atoms with E-state index in [1.807, 2.05) is 22.4 Å². The van der Waals surface area contributed by atoms with E-state index < -0.39 is 12.0 Å². The average Bonchev–Trinajstić information content (AvgIpc) is 2.74. The Morgan fingerprint density at radius 1 is 1.41 bits per heavy atom. The smallest absolute Gasteiger partial charge is 0.326 e. The number of carbonyl (C=O) groups is 1. The van der Waals surface area contributed by atoms with Crippen LogP contribution in [0.3, 0.4) is 0 Å². The minimum Gasteiger partial charge on any atom is -0.480 e. The molecule has 1 N–H and O–H groups in total. The third-order valence-electron chi connectivity index (χ3n) is 2.95. The highest BCUT2D eigenvalue weighted by atomic mass is 35.5. The van der Waals surface area contributed by atoms with Gasteiger partial charge in [0, 0.05) is 31.1 Å². The van der Waals surface area contributed by atoms with Crippen molar-refractivity contribution in [1.29, 1.82) is 0 Å². The number of halogens is 1. The van der Waals surface area contributed by atoms with Crippen LogP contribution in [0.5, 0.6) is 0 Å². The van der Waals surface area contributed by atoms with E-state index in [9.17, 15) is 9.90 Å². The van der Waals surface area contributed by atoms with Crippen LogP contribution in [0.25, 0.3) is 0 Å². The minimum absolute atomic E-state index is 0. The average molecular weight is 277 g/mol. The number of thiophene rings is 1. The summed E-state index contributed by atoms with van der Waals surface area (Å²) in [5.74, 6) is -0.744. The molecule has 0 aromatic carbocycles. The van der Waals surface area contributed by atoms with Crippen molar-refractivity contribution in [3.8, 4) is 0 Å². The van der Waals surface area contributed by atoms with Gasteiger partial charge in [-0.15, -0.1) is 23.7 Å². The van der Waals surface area contributed by atoms with Gasteiger partial charge in [0.2, 0.25) is 0 Å². The lowest BCUT2D eigenvalue weighted by Gasteiger charge is -2.35. The zero-order chi connectivity index (χ0) is 11.5. The molecule has 0 amide bonds. The summed E-state index contributed by atoms with van der Waals surface area (Å²) >= 11 is 1.52. The number of likely N-dealkylation sites (N-methyl/N-ethyl adjacent to an activating group) is 1. The molecule has 4 nitrogen and oxygen atoms in total. The van der Waals surface area contributed by atoms with Gasteiger partial charge in [0.1, 0.15) is 6.04 Å². The molecule has 1 fully saturated rings. The van der Waals surface area contributed by atoms with Crippen LogP contribution in [0.15, 0.2) is 17.5 Å². The van der Waals surface area contributed by atoms with Gasteiger partial charge in [-0.1, -0.05) is 6.07 Å². The molecule has 2 rings (SSSR count). The number of nitrogens with zero attached hydrogens (tertiary/aromatic N) is 2. The Balaban J connectivity index is 0.00000144. The van der Waals surface area contributed by atoms with Gasteiger partial charge >= 0.3 is 5.97 Å². The van der Waals surface area contributed by atoms with Crippen molar-refractivity contribution in [2.45, 2.75) is 6.04 Å². The van der Waals surface area contributed by atoms with Crippen molar-refractivity contribution >= 4 is 29.7 Å². The monoisotopic (exact) mass is 276 g/mol. The van der Waals surface area contributed by atoms with Gasteiger partial charge in [0.05, 0.1) is 0 Å². The van der Waals surface area contributed by atoms with E-state index in [2.05, 4.69) is 11.9 Å². The predicted octanol–water partition coefficient (Wildman–Crippen LogP) is 1.54. The molecule has 6 heteroatoms. The van der Waals surface area contributed by atoms with E-state index in [-0.39, 0.29) is 12.4 Å². The first-order valence-electron chi connectivity index (χ1n) is 5.37. The second-order valence-electron chi connectivity index (χ2n) is 4.10. The maximum absolute atomic E-state index is 11.3. The Bertz CT molecular complexity index is 350. The number of hydrogen-bond acceptors (Lipinski definition) is 4. The van der Waals surface area contributed by atoms with E-state index in [4.69, 9.17) is 0 Å².